The highest BCUT2D eigenvalue weighted by molar-refractivity contribution is 4.89. The Bertz CT molecular complexity index is 165. The third-order valence-corrected chi connectivity index (χ3v) is 3.82. The SMILES string of the molecule is CCC1CCCCC1(O)CCC(C)C. The van der Waals surface area contributed by atoms with Crippen LogP contribution in [0.4, 0.5) is 0 Å². The van der Waals surface area contributed by atoms with Gasteiger partial charge in [-0.25, -0.2) is 0 Å². The van der Waals surface area contributed by atoms with Crippen LogP contribution < -0.4 is 0 Å². The summed E-state index contributed by atoms with van der Waals surface area (Å²) < 4.78 is 0. The zero-order valence-electron chi connectivity index (χ0n) is 10.1. The molecule has 1 rings (SSSR count). The van der Waals surface area contributed by atoms with E-state index < -0.39 is 0 Å². The maximum absolute atomic E-state index is 10.6. The van der Waals surface area contributed by atoms with Crippen LogP contribution in [-0.2, 0) is 0 Å². The molecular weight excluding hydrogens is 172 g/mol. The van der Waals surface area contributed by atoms with Crippen molar-refractivity contribution in [3.63, 3.8) is 0 Å². The molecule has 0 bridgehead atoms. The highest BCUT2D eigenvalue weighted by Crippen LogP contribution is 2.39. The summed E-state index contributed by atoms with van der Waals surface area (Å²) in [7, 11) is 0. The van der Waals surface area contributed by atoms with Gasteiger partial charge in [-0.3, -0.25) is 0 Å². The number of aliphatic hydroxyl groups is 1. The van der Waals surface area contributed by atoms with Crippen molar-refractivity contribution in [3.8, 4) is 0 Å². The maximum Gasteiger partial charge on any atom is 0.0675 e. The molecular formula is C13H26O. The molecule has 0 aromatic carbocycles. The third-order valence-electron chi connectivity index (χ3n) is 3.82. The van der Waals surface area contributed by atoms with Gasteiger partial charge in [0.1, 0.15) is 0 Å². The average Bonchev–Trinajstić information content (AvgIpc) is 2.16. The summed E-state index contributed by atoms with van der Waals surface area (Å²) in [6, 6.07) is 0. The van der Waals surface area contributed by atoms with Crippen molar-refractivity contribution in [2.45, 2.75) is 71.3 Å². The molecule has 0 heterocycles. The van der Waals surface area contributed by atoms with E-state index in [-0.39, 0.29) is 5.60 Å². The minimum atomic E-state index is -0.322. The van der Waals surface area contributed by atoms with E-state index >= 15 is 0 Å². The van der Waals surface area contributed by atoms with Gasteiger partial charge in [-0.05, 0) is 37.5 Å². The Hall–Kier alpha value is -0.0400. The highest BCUT2D eigenvalue weighted by Gasteiger charge is 2.36. The number of rotatable bonds is 4. The number of hydrogen-bond acceptors (Lipinski definition) is 1. The summed E-state index contributed by atoms with van der Waals surface area (Å²) in [4.78, 5) is 0. The standard InChI is InChI=1S/C13H26O/c1-4-12-7-5-6-9-13(12,14)10-8-11(2)3/h11-12,14H,4-10H2,1-3H3. The van der Waals surface area contributed by atoms with Gasteiger partial charge in [0, 0.05) is 0 Å². The lowest BCUT2D eigenvalue weighted by Crippen LogP contribution is -2.40. The van der Waals surface area contributed by atoms with Gasteiger partial charge in [0.05, 0.1) is 5.60 Å². The Balaban J connectivity index is 2.49. The lowest BCUT2D eigenvalue weighted by atomic mass is 9.71. The molecule has 2 atom stereocenters. The molecule has 1 aliphatic carbocycles. The lowest BCUT2D eigenvalue weighted by Gasteiger charge is -2.40. The van der Waals surface area contributed by atoms with Crippen LogP contribution in [0.15, 0.2) is 0 Å². The van der Waals surface area contributed by atoms with Gasteiger partial charge in [0.2, 0.25) is 0 Å². The monoisotopic (exact) mass is 198 g/mol. The molecule has 0 aromatic rings. The summed E-state index contributed by atoms with van der Waals surface area (Å²) in [5.41, 5.74) is -0.322. The van der Waals surface area contributed by atoms with Gasteiger partial charge in [0.25, 0.3) is 0 Å². The Morgan fingerprint density at radius 2 is 2.07 bits per heavy atom. The minimum absolute atomic E-state index is 0.322. The van der Waals surface area contributed by atoms with Crippen LogP contribution in [0.3, 0.4) is 0 Å². The fraction of sp³-hybridized carbons (Fsp3) is 1.00. The van der Waals surface area contributed by atoms with Crippen molar-refractivity contribution < 1.29 is 5.11 Å². The van der Waals surface area contributed by atoms with Crippen LogP contribution in [0.1, 0.15) is 65.7 Å². The van der Waals surface area contributed by atoms with Gasteiger partial charge in [-0.1, -0.05) is 40.0 Å². The molecule has 1 aliphatic rings. The topological polar surface area (TPSA) is 20.2 Å². The average molecular weight is 198 g/mol. The van der Waals surface area contributed by atoms with E-state index in [2.05, 4.69) is 20.8 Å². The lowest BCUT2D eigenvalue weighted by molar-refractivity contribution is -0.0595. The largest absolute Gasteiger partial charge is 0.390 e. The van der Waals surface area contributed by atoms with Crippen LogP contribution >= 0.6 is 0 Å². The van der Waals surface area contributed by atoms with Crippen molar-refractivity contribution in [1.29, 1.82) is 0 Å². The van der Waals surface area contributed by atoms with Crippen molar-refractivity contribution in [1.82, 2.24) is 0 Å². The van der Waals surface area contributed by atoms with Gasteiger partial charge < -0.3 is 5.11 Å². The second kappa shape index (κ2) is 5.16. The summed E-state index contributed by atoms with van der Waals surface area (Å²) in [5.74, 6) is 1.29. The van der Waals surface area contributed by atoms with Crippen molar-refractivity contribution >= 4 is 0 Å². The molecule has 0 saturated heterocycles. The third kappa shape index (κ3) is 2.98. The zero-order valence-corrected chi connectivity index (χ0v) is 10.1. The first-order valence-corrected chi connectivity index (χ1v) is 6.31. The Labute approximate surface area is 88.9 Å². The van der Waals surface area contributed by atoms with Crippen LogP contribution in [0.25, 0.3) is 0 Å². The smallest absolute Gasteiger partial charge is 0.0675 e. The van der Waals surface area contributed by atoms with Crippen LogP contribution in [-0.4, -0.2) is 10.7 Å². The van der Waals surface area contributed by atoms with Gasteiger partial charge in [0.15, 0.2) is 0 Å². The second-order valence-corrected chi connectivity index (χ2v) is 5.39. The Morgan fingerprint density at radius 3 is 2.64 bits per heavy atom. The van der Waals surface area contributed by atoms with E-state index in [0.29, 0.717) is 5.92 Å². The molecule has 1 N–H and O–H groups in total. The van der Waals surface area contributed by atoms with Gasteiger partial charge >= 0.3 is 0 Å². The van der Waals surface area contributed by atoms with E-state index in [1.807, 2.05) is 0 Å². The van der Waals surface area contributed by atoms with Crippen molar-refractivity contribution in [2.24, 2.45) is 11.8 Å². The fourth-order valence-corrected chi connectivity index (χ4v) is 2.75. The predicted molar refractivity (Wildman–Crippen MR) is 61.3 cm³/mol. The molecule has 1 saturated carbocycles. The second-order valence-electron chi connectivity index (χ2n) is 5.39. The van der Waals surface area contributed by atoms with Crippen molar-refractivity contribution in [2.75, 3.05) is 0 Å². The molecule has 1 fully saturated rings. The first kappa shape index (κ1) is 12.0. The van der Waals surface area contributed by atoms with E-state index in [1.54, 1.807) is 0 Å². The molecule has 0 aliphatic heterocycles. The molecule has 84 valence electrons. The first-order valence-electron chi connectivity index (χ1n) is 6.31. The quantitative estimate of drug-likeness (QED) is 0.729. The molecule has 1 nitrogen and oxygen atoms in total. The normalized spacial score (nSPS) is 33.6. The van der Waals surface area contributed by atoms with Gasteiger partial charge in [-0.2, -0.15) is 0 Å². The van der Waals surface area contributed by atoms with E-state index in [4.69, 9.17) is 0 Å². The fourth-order valence-electron chi connectivity index (χ4n) is 2.75. The molecule has 2 unspecified atom stereocenters. The summed E-state index contributed by atoms with van der Waals surface area (Å²) >= 11 is 0. The molecule has 1 heteroatoms. The predicted octanol–water partition coefficient (Wildman–Crippen LogP) is 3.75. The zero-order chi connectivity index (χ0) is 10.6. The molecule has 14 heavy (non-hydrogen) atoms. The van der Waals surface area contributed by atoms with Crippen LogP contribution in [0, 0.1) is 11.8 Å². The summed E-state index contributed by atoms with van der Waals surface area (Å²) in [5, 5.41) is 10.6. The molecule has 0 aromatic heterocycles. The van der Waals surface area contributed by atoms with E-state index in [0.717, 1.165) is 25.2 Å². The van der Waals surface area contributed by atoms with Crippen molar-refractivity contribution in [3.05, 3.63) is 0 Å². The summed E-state index contributed by atoms with van der Waals surface area (Å²) in [6.07, 6.45) is 8.17. The Morgan fingerprint density at radius 1 is 1.36 bits per heavy atom. The summed E-state index contributed by atoms with van der Waals surface area (Å²) in [6.45, 7) is 6.70. The van der Waals surface area contributed by atoms with E-state index in [9.17, 15) is 5.11 Å². The Kier molecular flexibility index (Phi) is 4.43. The maximum atomic E-state index is 10.6. The van der Waals surface area contributed by atoms with Gasteiger partial charge in [-0.15, -0.1) is 0 Å². The highest BCUT2D eigenvalue weighted by atomic mass is 16.3. The first-order chi connectivity index (χ1) is 6.58. The minimum Gasteiger partial charge on any atom is -0.390 e. The molecule has 0 radical (unpaired) electrons. The molecule has 0 spiro atoms. The number of hydrogen-bond donors (Lipinski definition) is 1. The van der Waals surface area contributed by atoms with E-state index in [1.165, 1.54) is 25.7 Å². The van der Waals surface area contributed by atoms with Crippen LogP contribution in [0.5, 0.6) is 0 Å². The molecule has 0 amide bonds. The van der Waals surface area contributed by atoms with Crippen LogP contribution in [0.2, 0.25) is 0 Å².